The minimum atomic E-state index is 0.707. The number of nitrogens with zero attached hydrogens (tertiary/aromatic N) is 1. The molecule has 1 heterocycles. The molecule has 1 aliphatic heterocycles. The number of allylic oxidation sites excluding steroid dienone is 1. The van der Waals surface area contributed by atoms with E-state index in [1.165, 1.54) is 12.8 Å². The molecule has 1 rings (SSSR count). The molecule has 2 unspecified atom stereocenters. The summed E-state index contributed by atoms with van der Waals surface area (Å²) in [6.07, 6.45) is 7.05. The average Bonchev–Trinajstić information content (AvgIpc) is 2.04. The molecule has 0 aromatic rings. The highest BCUT2D eigenvalue weighted by Crippen LogP contribution is 2.18. The van der Waals surface area contributed by atoms with Crippen LogP contribution in [0.15, 0.2) is 12.3 Å². The maximum Gasteiger partial charge on any atom is 0.0278 e. The normalized spacial score (nSPS) is 34.1. The highest BCUT2D eigenvalue weighted by molar-refractivity contribution is 4.89. The molecule has 2 atom stereocenters. The van der Waals surface area contributed by atoms with Crippen LogP contribution in [0.3, 0.4) is 0 Å². The van der Waals surface area contributed by atoms with Gasteiger partial charge in [0.05, 0.1) is 0 Å². The lowest BCUT2D eigenvalue weighted by atomic mass is 9.99. The summed E-state index contributed by atoms with van der Waals surface area (Å²) < 4.78 is 0. The SMILES string of the molecule is CC1CCC=CN(C)C1C. The zero-order valence-electron chi connectivity index (χ0n) is 7.17. The second-order valence-corrected chi connectivity index (χ2v) is 3.35. The Morgan fingerprint density at radius 3 is 2.80 bits per heavy atom. The van der Waals surface area contributed by atoms with Gasteiger partial charge in [0.25, 0.3) is 0 Å². The summed E-state index contributed by atoms with van der Waals surface area (Å²) in [6.45, 7) is 4.62. The van der Waals surface area contributed by atoms with Gasteiger partial charge in [-0.1, -0.05) is 13.0 Å². The third-order valence-corrected chi connectivity index (χ3v) is 2.60. The van der Waals surface area contributed by atoms with E-state index in [1.807, 2.05) is 0 Å². The monoisotopic (exact) mass is 139 g/mol. The molecule has 0 bridgehead atoms. The third-order valence-electron chi connectivity index (χ3n) is 2.60. The van der Waals surface area contributed by atoms with Crippen molar-refractivity contribution < 1.29 is 0 Å². The molecule has 0 aromatic carbocycles. The van der Waals surface area contributed by atoms with Gasteiger partial charge in [0, 0.05) is 13.1 Å². The maximum atomic E-state index is 2.33. The van der Waals surface area contributed by atoms with E-state index in [9.17, 15) is 0 Å². The Morgan fingerprint density at radius 2 is 2.10 bits per heavy atom. The summed E-state index contributed by atoms with van der Waals surface area (Å²) in [5.41, 5.74) is 0. The summed E-state index contributed by atoms with van der Waals surface area (Å²) in [7, 11) is 2.16. The van der Waals surface area contributed by atoms with Crippen LogP contribution in [0.5, 0.6) is 0 Å². The van der Waals surface area contributed by atoms with Crippen molar-refractivity contribution in [1.29, 1.82) is 0 Å². The first kappa shape index (κ1) is 7.64. The summed E-state index contributed by atoms with van der Waals surface area (Å²) in [4.78, 5) is 2.30. The van der Waals surface area contributed by atoms with Crippen LogP contribution < -0.4 is 0 Å². The molecule has 10 heavy (non-hydrogen) atoms. The Labute approximate surface area is 63.7 Å². The van der Waals surface area contributed by atoms with E-state index >= 15 is 0 Å². The molecule has 1 heteroatoms. The van der Waals surface area contributed by atoms with Crippen LogP contribution in [0, 0.1) is 5.92 Å². The quantitative estimate of drug-likeness (QED) is 0.497. The Morgan fingerprint density at radius 1 is 1.40 bits per heavy atom. The number of hydrogen-bond donors (Lipinski definition) is 0. The van der Waals surface area contributed by atoms with E-state index in [2.05, 4.69) is 38.1 Å². The molecule has 0 radical (unpaired) electrons. The minimum absolute atomic E-state index is 0.707. The van der Waals surface area contributed by atoms with Gasteiger partial charge in [-0.05, 0) is 31.9 Å². The van der Waals surface area contributed by atoms with E-state index in [0.717, 1.165) is 5.92 Å². The summed E-state index contributed by atoms with van der Waals surface area (Å²) in [5.74, 6) is 0.833. The van der Waals surface area contributed by atoms with Crippen molar-refractivity contribution in [1.82, 2.24) is 4.90 Å². The molecule has 58 valence electrons. The first-order chi connectivity index (χ1) is 4.72. The van der Waals surface area contributed by atoms with E-state index in [-0.39, 0.29) is 0 Å². The second-order valence-electron chi connectivity index (χ2n) is 3.35. The Hall–Kier alpha value is -0.460. The van der Waals surface area contributed by atoms with Crippen molar-refractivity contribution in [2.24, 2.45) is 5.92 Å². The van der Waals surface area contributed by atoms with Crippen LogP contribution in [0.2, 0.25) is 0 Å². The van der Waals surface area contributed by atoms with Gasteiger partial charge >= 0.3 is 0 Å². The Bertz CT molecular complexity index is 129. The van der Waals surface area contributed by atoms with Crippen molar-refractivity contribution in [2.45, 2.75) is 32.7 Å². The van der Waals surface area contributed by atoms with Gasteiger partial charge in [0.1, 0.15) is 0 Å². The van der Waals surface area contributed by atoms with Crippen molar-refractivity contribution in [3.63, 3.8) is 0 Å². The van der Waals surface area contributed by atoms with Gasteiger partial charge in [-0.3, -0.25) is 0 Å². The lowest BCUT2D eigenvalue weighted by Crippen LogP contribution is -2.28. The van der Waals surface area contributed by atoms with Crippen LogP contribution >= 0.6 is 0 Å². The molecule has 0 N–H and O–H groups in total. The lowest BCUT2D eigenvalue weighted by Gasteiger charge is -2.26. The first-order valence-corrected chi connectivity index (χ1v) is 4.10. The van der Waals surface area contributed by atoms with Crippen molar-refractivity contribution in [2.75, 3.05) is 7.05 Å². The van der Waals surface area contributed by atoms with Crippen molar-refractivity contribution >= 4 is 0 Å². The molecule has 0 fully saturated rings. The van der Waals surface area contributed by atoms with E-state index in [1.54, 1.807) is 0 Å². The van der Waals surface area contributed by atoms with E-state index < -0.39 is 0 Å². The van der Waals surface area contributed by atoms with Gasteiger partial charge in [0.15, 0.2) is 0 Å². The van der Waals surface area contributed by atoms with Gasteiger partial charge in [-0.15, -0.1) is 0 Å². The fourth-order valence-electron chi connectivity index (χ4n) is 1.38. The summed E-state index contributed by atoms with van der Waals surface area (Å²) in [5, 5.41) is 0. The van der Waals surface area contributed by atoms with Gasteiger partial charge in [-0.25, -0.2) is 0 Å². The Balaban J connectivity index is 2.57. The molecule has 0 saturated carbocycles. The van der Waals surface area contributed by atoms with Crippen molar-refractivity contribution in [3.05, 3.63) is 12.3 Å². The smallest absolute Gasteiger partial charge is 0.0278 e. The fraction of sp³-hybridized carbons (Fsp3) is 0.778. The van der Waals surface area contributed by atoms with E-state index in [4.69, 9.17) is 0 Å². The highest BCUT2D eigenvalue weighted by atomic mass is 15.1. The molecule has 0 amide bonds. The number of hydrogen-bond acceptors (Lipinski definition) is 1. The average molecular weight is 139 g/mol. The molecule has 0 aromatic heterocycles. The minimum Gasteiger partial charge on any atom is -0.378 e. The molecule has 0 spiro atoms. The fourth-order valence-corrected chi connectivity index (χ4v) is 1.38. The topological polar surface area (TPSA) is 3.24 Å². The van der Waals surface area contributed by atoms with Crippen LogP contribution in [0.25, 0.3) is 0 Å². The predicted molar refractivity (Wildman–Crippen MR) is 44.8 cm³/mol. The lowest BCUT2D eigenvalue weighted by molar-refractivity contribution is 0.266. The predicted octanol–water partition coefficient (Wildman–Crippen LogP) is 2.25. The van der Waals surface area contributed by atoms with Crippen molar-refractivity contribution in [3.8, 4) is 0 Å². The van der Waals surface area contributed by atoms with Crippen LogP contribution in [-0.4, -0.2) is 18.0 Å². The largest absolute Gasteiger partial charge is 0.378 e. The first-order valence-electron chi connectivity index (χ1n) is 4.10. The van der Waals surface area contributed by atoms with Crippen LogP contribution in [0.1, 0.15) is 26.7 Å². The maximum absolute atomic E-state index is 2.33. The van der Waals surface area contributed by atoms with Crippen LogP contribution in [0.4, 0.5) is 0 Å². The zero-order valence-corrected chi connectivity index (χ0v) is 7.17. The summed E-state index contributed by atoms with van der Waals surface area (Å²) in [6, 6.07) is 0.707. The molecular formula is C9H17N. The molecule has 0 aliphatic carbocycles. The zero-order chi connectivity index (χ0) is 7.56. The highest BCUT2D eigenvalue weighted by Gasteiger charge is 2.15. The van der Waals surface area contributed by atoms with Gasteiger partial charge in [0.2, 0.25) is 0 Å². The van der Waals surface area contributed by atoms with Gasteiger partial charge < -0.3 is 4.90 Å². The standard InChI is InChI=1S/C9H17N/c1-8-6-4-5-7-10(3)9(8)2/h5,7-9H,4,6H2,1-3H3. The van der Waals surface area contributed by atoms with Gasteiger partial charge in [-0.2, -0.15) is 0 Å². The molecule has 1 aliphatic rings. The second kappa shape index (κ2) is 3.09. The molecule has 0 saturated heterocycles. The molecule has 1 nitrogen and oxygen atoms in total. The third kappa shape index (κ3) is 1.53. The summed E-state index contributed by atoms with van der Waals surface area (Å²) >= 11 is 0. The Kier molecular flexibility index (Phi) is 2.36. The molecular weight excluding hydrogens is 122 g/mol. The van der Waals surface area contributed by atoms with Crippen LogP contribution in [-0.2, 0) is 0 Å². The van der Waals surface area contributed by atoms with E-state index in [0.29, 0.717) is 6.04 Å². The number of rotatable bonds is 0.